The largest absolute Gasteiger partial charge is 0.388 e. The molecular weight excluding hydrogens is 288 g/mol. The lowest BCUT2D eigenvalue weighted by Crippen LogP contribution is -2.12. The molecule has 23 heavy (non-hydrogen) atoms. The van der Waals surface area contributed by atoms with Crippen LogP contribution in [-0.4, -0.2) is 29.2 Å². The van der Waals surface area contributed by atoms with E-state index in [4.69, 9.17) is 4.74 Å². The molecule has 3 aliphatic rings. The fourth-order valence-electron chi connectivity index (χ4n) is 4.33. The predicted molar refractivity (Wildman–Crippen MR) is 91.0 cm³/mol. The summed E-state index contributed by atoms with van der Waals surface area (Å²) in [5, 5.41) is 10.3. The Morgan fingerprint density at radius 1 is 1.30 bits per heavy atom. The molecule has 0 aromatic rings. The van der Waals surface area contributed by atoms with Crippen LogP contribution in [0.25, 0.3) is 0 Å². The lowest BCUT2D eigenvalue weighted by Gasteiger charge is -2.10. The van der Waals surface area contributed by atoms with Crippen molar-refractivity contribution in [2.75, 3.05) is 0 Å². The second-order valence-electron chi connectivity index (χ2n) is 8.54. The number of aldehydes is 1. The number of carbonyl (C=O) groups excluding carboxylic acids is 1. The third-order valence-electron chi connectivity index (χ3n) is 6.51. The van der Waals surface area contributed by atoms with Crippen LogP contribution in [0.5, 0.6) is 0 Å². The van der Waals surface area contributed by atoms with Crippen molar-refractivity contribution in [2.24, 2.45) is 17.3 Å². The van der Waals surface area contributed by atoms with Crippen LogP contribution in [0.15, 0.2) is 23.3 Å². The van der Waals surface area contributed by atoms with Crippen LogP contribution in [0, 0.1) is 17.3 Å². The van der Waals surface area contributed by atoms with E-state index in [-0.39, 0.29) is 11.0 Å². The Labute approximate surface area is 139 Å². The molecule has 1 N–H and O–H groups in total. The van der Waals surface area contributed by atoms with E-state index >= 15 is 0 Å². The predicted octanol–water partition coefficient (Wildman–Crippen LogP) is 3.81. The first-order valence-corrected chi connectivity index (χ1v) is 8.96. The molecular formula is C20H30O3. The van der Waals surface area contributed by atoms with Crippen LogP contribution in [0.2, 0.25) is 0 Å². The fraction of sp³-hybridized carbons (Fsp3) is 0.750. The van der Waals surface area contributed by atoms with Crippen molar-refractivity contribution in [3.63, 3.8) is 0 Å². The second kappa shape index (κ2) is 5.86. The Morgan fingerprint density at radius 3 is 2.74 bits per heavy atom. The molecule has 1 aliphatic heterocycles. The third-order valence-corrected chi connectivity index (χ3v) is 6.51. The van der Waals surface area contributed by atoms with Gasteiger partial charge in [-0.1, -0.05) is 31.6 Å². The summed E-state index contributed by atoms with van der Waals surface area (Å²) in [6.45, 7) is 8.87. The van der Waals surface area contributed by atoms with Gasteiger partial charge in [-0.05, 0) is 63.2 Å². The lowest BCUT2D eigenvalue weighted by atomic mass is 9.94. The molecule has 3 rings (SSSR count). The van der Waals surface area contributed by atoms with Crippen molar-refractivity contribution in [3.8, 4) is 0 Å². The second-order valence-corrected chi connectivity index (χ2v) is 8.54. The molecule has 0 unspecified atom stereocenters. The first-order chi connectivity index (χ1) is 10.8. The van der Waals surface area contributed by atoms with Gasteiger partial charge in [0.05, 0.1) is 17.8 Å². The molecule has 5 atom stereocenters. The molecule has 128 valence electrons. The van der Waals surface area contributed by atoms with Crippen LogP contribution in [0.3, 0.4) is 0 Å². The molecule has 1 saturated heterocycles. The van der Waals surface area contributed by atoms with E-state index in [0.717, 1.165) is 32.0 Å². The Morgan fingerprint density at radius 2 is 2.04 bits per heavy atom. The van der Waals surface area contributed by atoms with Crippen molar-refractivity contribution in [1.29, 1.82) is 0 Å². The van der Waals surface area contributed by atoms with Gasteiger partial charge >= 0.3 is 0 Å². The smallest absolute Gasteiger partial charge is 0.148 e. The van der Waals surface area contributed by atoms with E-state index in [2.05, 4.69) is 33.8 Å². The maximum atomic E-state index is 11.4. The number of carbonyl (C=O) groups is 1. The molecule has 0 aromatic carbocycles. The SMILES string of the molecule is C/C1=C/C[C@H](O)/C(C=O)=C/[C@@H]2[C@@H](CC[C@@]3(C)O[C@@H]3CC1)C2(C)C. The van der Waals surface area contributed by atoms with Crippen molar-refractivity contribution in [3.05, 3.63) is 23.3 Å². The maximum Gasteiger partial charge on any atom is 0.148 e. The van der Waals surface area contributed by atoms with Gasteiger partial charge in [0.2, 0.25) is 0 Å². The van der Waals surface area contributed by atoms with Gasteiger partial charge in [-0.2, -0.15) is 0 Å². The molecule has 3 heteroatoms. The van der Waals surface area contributed by atoms with E-state index in [1.54, 1.807) is 0 Å². The Hall–Kier alpha value is -0.930. The normalized spacial score (nSPS) is 47.7. The molecule has 0 bridgehead atoms. The van der Waals surface area contributed by atoms with Gasteiger partial charge in [0.1, 0.15) is 6.29 Å². The highest BCUT2D eigenvalue weighted by atomic mass is 16.6. The average molecular weight is 318 g/mol. The Balaban J connectivity index is 1.80. The van der Waals surface area contributed by atoms with Gasteiger partial charge in [0.15, 0.2) is 0 Å². The summed E-state index contributed by atoms with van der Waals surface area (Å²) >= 11 is 0. The van der Waals surface area contributed by atoms with Gasteiger partial charge < -0.3 is 9.84 Å². The van der Waals surface area contributed by atoms with E-state index in [1.165, 1.54) is 5.57 Å². The number of aliphatic hydroxyl groups is 1. The molecule has 0 aromatic heterocycles. The quantitative estimate of drug-likeness (QED) is 0.454. The molecule has 2 fully saturated rings. The monoisotopic (exact) mass is 318 g/mol. The minimum Gasteiger partial charge on any atom is -0.388 e. The van der Waals surface area contributed by atoms with E-state index < -0.39 is 6.10 Å². The first kappa shape index (κ1) is 16.9. The highest BCUT2D eigenvalue weighted by Gasteiger charge is 2.58. The van der Waals surface area contributed by atoms with Gasteiger partial charge in [0.25, 0.3) is 0 Å². The van der Waals surface area contributed by atoms with Crippen LogP contribution >= 0.6 is 0 Å². The molecule has 0 radical (unpaired) electrons. The van der Waals surface area contributed by atoms with Gasteiger partial charge in [-0.3, -0.25) is 4.79 Å². The van der Waals surface area contributed by atoms with Crippen molar-refractivity contribution >= 4 is 6.29 Å². The van der Waals surface area contributed by atoms with Crippen LogP contribution < -0.4 is 0 Å². The Kier molecular flexibility index (Phi) is 4.31. The molecule has 2 aliphatic carbocycles. The summed E-state index contributed by atoms with van der Waals surface area (Å²) in [4.78, 5) is 11.4. The van der Waals surface area contributed by atoms with Gasteiger partial charge in [-0.15, -0.1) is 0 Å². The number of ether oxygens (including phenoxy) is 1. The zero-order valence-corrected chi connectivity index (χ0v) is 14.8. The number of allylic oxidation sites excluding steroid dienone is 2. The standard InChI is InChI=1S/C20H30O3/c1-13-5-7-17(22)14(12-21)11-16-15(19(16,2)3)9-10-20(4)18(23-20)8-6-13/h5,11-12,15-18,22H,6-10H2,1-4H3/b13-5-,14-11+/t15-,16-,17+,18-,20-/m1/s1. The van der Waals surface area contributed by atoms with Crippen molar-refractivity contribution in [2.45, 2.75) is 77.6 Å². The molecule has 1 heterocycles. The summed E-state index contributed by atoms with van der Waals surface area (Å²) in [6, 6.07) is 0. The number of hydrogen-bond acceptors (Lipinski definition) is 3. The van der Waals surface area contributed by atoms with Crippen molar-refractivity contribution in [1.82, 2.24) is 0 Å². The highest BCUT2D eigenvalue weighted by molar-refractivity contribution is 5.75. The van der Waals surface area contributed by atoms with Crippen LogP contribution in [0.1, 0.15) is 59.8 Å². The summed E-state index contributed by atoms with van der Waals surface area (Å²) in [5.74, 6) is 0.984. The minimum absolute atomic E-state index is 0.0599. The lowest BCUT2D eigenvalue weighted by molar-refractivity contribution is -0.105. The van der Waals surface area contributed by atoms with Gasteiger partial charge in [-0.25, -0.2) is 0 Å². The summed E-state index contributed by atoms with van der Waals surface area (Å²) < 4.78 is 5.98. The summed E-state index contributed by atoms with van der Waals surface area (Å²) in [5.41, 5.74) is 2.11. The van der Waals surface area contributed by atoms with Crippen molar-refractivity contribution < 1.29 is 14.6 Å². The molecule has 3 nitrogen and oxygen atoms in total. The zero-order valence-electron chi connectivity index (χ0n) is 14.8. The summed E-state index contributed by atoms with van der Waals surface area (Å²) in [7, 11) is 0. The highest BCUT2D eigenvalue weighted by Crippen LogP contribution is 2.62. The Bertz CT molecular complexity index is 545. The molecule has 1 saturated carbocycles. The van der Waals surface area contributed by atoms with Gasteiger partial charge in [0, 0.05) is 5.57 Å². The first-order valence-electron chi connectivity index (χ1n) is 8.96. The fourth-order valence-corrected chi connectivity index (χ4v) is 4.33. The summed E-state index contributed by atoms with van der Waals surface area (Å²) in [6.07, 6.45) is 9.48. The van der Waals surface area contributed by atoms with E-state index in [9.17, 15) is 9.90 Å². The maximum absolute atomic E-state index is 11.4. The van der Waals surface area contributed by atoms with E-state index in [0.29, 0.717) is 29.9 Å². The number of hydrogen-bond donors (Lipinski definition) is 1. The number of aliphatic hydroxyl groups excluding tert-OH is 1. The van der Waals surface area contributed by atoms with Crippen LogP contribution in [-0.2, 0) is 9.53 Å². The zero-order chi connectivity index (χ0) is 16.8. The number of epoxide rings is 1. The third kappa shape index (κ3) is 3.32. The van der Waals surface area contributed by atoms with Crippen LogP contribution in [0.4, 0.5) is 0 Å². The number of rotatable bonds is 1. The topological polar surface area (TPSA) is 49.8 Å². The average Bonchev–Trinajstić information content (AvgIpc) is 3.30. The number of fused-ring (bicyclic) bond motifs is 2. The van der Waals surface area contributed by atoms with E-state index in [1.807, 2.05) is 6.08 Å². The minimum atomic E-state index is -0.676. The molecule has 0 amide bonds. The molecule has 0 spiro atoms.